The minimum absolute atomic E-state index is 0.0695. The molecule has 0 saturated carbocycles. The predicted molar refractivity (Wildman–Crippen MR) is 72.1 cm³/mol. The molecule has 0 aromatic carbocycles. The molecule has 2 aliphatic rings. The number of cyclic esters (lactones) is 3. The molecule has 2 aliphatic heterocycles. The number of carbonyl (C=O) groups is 4. The van der Waals surface area contributed by atoms with Crippen LogP contribution in [0.5, 0.6) is 0 Å². The van der Waals surface area contributed by atoms with Crippen LogP contribution in [0.25, 0.3) is 0 Å². The molecule has 0 amide bonds. The number of esters is 4. The minimum Gasteiger partial charge on any atom is -0.469 e. The smallest absolute Gasteiger partial charge is 0.318 e. The number of hydrogen-bond donors (Lipinski definition) is 0. The summed E-state index contributed by atoms with van der Waals surface area (Å²) in [4.78, 5) is 47.8. The zero-order valence-corrected chi connectivity index (χ0v) is 13.1. The van der Waals surface area contributed by atoms with Gasteiger partial charge in [0, 0.05) is 5.92 Å². The summed E-state index contributed by atoms with van der Waals surface area (Å²) in [6, 6.07) is 0. The van der Waals surface area contributed by atoms with Crippen molar-refractivity contribution in [3.05, 3.63) is 0 Å². The first-order valence-electron chi connectivity index (χ1n) is 7.23. The van der Waals surface area contributed by atoms with Crippen molar-refractivity contribution in [1.82, 2.24) is 0 Å². The standard InChI is InChI=1S/C15H20O7/c1-7-6-21-12(17)9(7)5-15(3,14(19)20-4)10-8(2)11(16)22-13(10)18/h7-10H,5-6H2,1-4H3. The summed E-state index contributed by atoms with van der Waals surface area (Å²) in [6.45, 7) is 5.20. The van der Waals surface area contributed by atoms with E-state index in [1.165, 1.54) is 21.0 Å². The molecule has 122 valence electrons. The van der Waals surface area contributed by atoms with Crippen molar-refractivity contribution in [2.24, 2.45) is 29.1 Å². The van der Waals surface area contributed by atoms with Gasteiger partial charge in [0.2, 0.25) is 0 Å². The van der Waals surface area contributed by atoms with Gasteiger partial charge in [-0.1, -0.05) is 13.8 Å². The fraction of sp³-hybridized carbons (Fsp3) is 0.733. The van der Waals surface area contributed by atoms with Gasteiger partial charge in [-0.15, -0.1) is 0 Å². The van der Waals surface area contributed by atoms with Crippen LogP contribution in [0.4, 0.5) is 0 Å². The Morgan fingerprint density at radius 2 is 1.86 bits per heavy atom. The van der Waals surface area contributed by atoms with E-state index in [1.54, 1.807) is 0 Å². The Kier molecular flexibility index (Phi) is 4.26. The van der Waals surface area contributed by atoms with Crippen LogP contribution in [0.2, 0.25) is 0 Å². The molecule has 0 N–H and O–H groups in total. The summed E-state index contributed by atoms with van der Waals surface area (Å²) in [6.07, 6.45) is 0.0804. The van der Waals surface area contributed by atoms with Gasteiger partial charge >= 0.3 is 23.9 Å². The molecule has 22 heavy (non-hydrogen) atoms. The SMILES string of the molecule is COC(=O)C(C)(CC1C(=O)OCC1C)C1C(=O)OC(=O)C1C. The maximum atomic E-state index is 12.3. The number of carbonyl (C=O) groups excluding carboxylic acids is 4. The summed E-state index contributed by atoms with van der Waals surface area (Å²) < 4.78 is 14.5. The van der Waals surface area contributed by atoms with E-state index in [4.69, 9.17) is 9.47 Å². The minimum atomic E-state index is -1.32. The number of methoxy groups -OCH3 is 1. The second kappa shape index (κ2) is 5.70. The fourth-order valence-corrected chi connectivity index (χ4v) is 3.39. The van der Waals surface area contributed by atoms with E-state index in [1.807, 2.05) is 6.92 Å². The van der Waals surface area contributed by atoms with E-state index in [-0.39, 0.29) is 18.9 Å². The summed E-state index contributed by atoms with van der Waals surface area (Å²) in [7, 11) is 1.21. The Morgan fingerprint density at radius 1 is 1.23 bits per heavy atom. The number of ether oxygens (including phenoxy) is 3. The van der Waals surface area contributed by atoms with E-state index in [0.29, 0.717) is 0 Å². The Balaban J connectivity index is 2.36. The van der Waals surface area contributed by atoms with Crippen molar-refractivity contribution in [2.75, 3.05) is 13.7 Å². The predicted octanol–water partition coefficient (Wildman–Crippen LogP) is 0.701. The maximum Gasteiger partial charge on any atom is 0.318 e. The van der Waals surface area contributed by atoms with Crippen molar-refractivity contribution in [2.45, 2.75) is 27.2 Å². The lowest BCUT2D eigenvalue weighted by atomic mass is 9.66. The molecule has 5 unspecified atom stereocenters. The third-order valence-electron chi connectivity index (χ3n) is 4.79. The second-order valence-corrected chi connectivity index (χ2v) is 6.33. The lowest BCUT2D eigenvalue weighted by Gasteiger charge is -2.33. The van der Waals surface area contributed by atoms with Crippen LogP contribution in [0.1, 0.15) is 27.2 Å². The number of hydrogen-bond acceptors (Lipinski definition) is 7. The van der Waals surface area contributed by atoms with Gasteiger partial charge in [0.15, 0.2) is 0 Å². The Hall–Kier alpha value is -1.92. The van der Waals surface area contributed by atoms with E-state index >= 15 is 0 Å². The molecule has 7 nitrogen and oxygen atoms in total. The van der Waals surface area contributed by atoms with Gasteiger partial charge in [-0.25, -0.2) is 0 Å². The normalized spacial score (nSPS) is 34.1. The highest BCUT2D eigenvalue weighted by Gasteiger charge is 2.58. The van der Waals surface area contributed by atoms with Gasteiger partial charge in [0.1, 0.15) is 0 Å². The summed E-state index contributed by atoms with van der Waals surface area (Å²) in [5.74, 6) is -4.75. The van der Waals surface area contributed by atoms with Crippen LogP contribution in [-0.4, -0.2) is 37.6 Å². The molecule has 0 aliphatic carbocycles. The summed E-state index contributed by atoms with van der Waals surface area (Å²) in [5.41, 5.74) is -1.32. The lowest BCUT2D eigenvalue weighted by molar-refractivity contribution is -0.165. The Morgan fingerprint density at radius 3 is 2.27 bits per heavy atom. The fourth-order valence-electron chi connectivity index (χ4n) is 3.39. The van der Waals surface area contributed by atoms with Crippen molar-refractivity contribution < 1.29 is 33.4 Å². The molecule has 5 atom stereocenters. The van der Waals surface area contributed by atoms with E-state index in [2.05, 4.69) is 4.74 Å². The molecule has 0 bridgehead atoms. The first kappa shape index (κ1) is 16.5. The van der Waals surface area contributed by atoms with Gasteiger partial charge in [0.05, 0.1) is 36.9 Å². The molecule has 2 fully saturated rings. The third-order valence-corrected chi connectivity index (χ3v) is 4.79. The topological polar surface area (TPSA) is 96.0 Å². The number of rotatable bonds is 4. The third kappa shape index (κ3) is 2.48. The largest absolute Gasteiger partial charge is 0.469 e. The van der Waals surface area contributed by atoms with Crippen LogP contribution in [-0.2, 0) is 33.4 Å². The monoisotopic (exact) mass is 312 g/mol. The molecule has 0 aromatic rings. The molecule has 2 saturated heterocycles. The molecule has 0 aromatic heterocycles. The second-order valence-electron chi connectivity index (χ2n) is 6.33. The average Bonchev–Trinajstić information content (AvgIpc) is 2.91. The van der Waals surface area contributed by atoms with Crippen LogP contribution >= 0.6 is 0 Å². The highest BCUT2D eigenvalue weighted by molar-refractivity contribution is 5.99. The molecule has 2 rings (SSSR count). The van der Waals surface area contributed by atoms with Gasteiger partial charge in [-0.05, 0) is 13.3 Å². The maximum absolute atomic E-state index is 12.3. The first-order chi connectivity index (χ1) is 10.2. The van der Waals surface area contributed by atoms with E-state index in [0.717, 1.165) is 0 Å². The Labute approximate surface area is 128 Å². The highest BCUT2D eigenvalue weighted by atomic mass is 16.6. The van der Waals surface area contributed by atoms with Crippen molar-refractivity contribution in [3.63, 3.8) is 0 Å². The lowest BCUT2D eigenvalue weighted by Crippen LogP contribution is -2.44. The molecule has 0 spiro atoms. The van der Waals surface area contributed by atoms with Crippen LogP contribution in [0.15, 0.2) is 0 Å². The van der Waals surface area contributed by atoms with Crippen molar-refractivity contribution in [3.8, 4) is 0 Å². The van der Waals surface area contributed by atoms with Crippen LogP contribution in [0, 0.1) is 29.1 Å². The zero-order valence-electron chi connectivity index (χ0n) is 13.1. The zero-order chi connectivity index (χ0) is 16.7. The van der Waals surface area contributed by atoms with Crippen molar-refractivity contribution in [1.29, 1.82) is 0 Å². The average molecular weight is 312 g/mol. The highest BCUT2D eigenvalue weighted by Crippen LogP contribution is 2.46. The molecule has 7 heteroatoms. The van der Waals surface area contributed by atoms with Gasteiger partial charge in [0.25, 0.3) is 0 Å². The van der Waals surface area contributed by atoms with E-state index in [9.17, 15) is 19.2 Å². The van der Waals surface area contributed by atoms with Gasteiger partial charge < -0.3 is 14.2 Å². The van der Waals surface area contributed by atoms with Crippen LogP contribution < -0.4 is 0 Å². The first-order valence-corrected chi connectivity index (χ1v) is 7.23. The summed E-state index contributed by atoms with van der Waals surface area (Å²) >= 11 is 0. The molecular weight excluding hydrogens is 292 g/mol. The summed E-state index contributed by atoms with van der Waals surface area (Å²) in [5, 5.41) is 0. The van der Waals surface area contributed by atoms with Gasteiger partial charge in [-0.3, -0.25) is 19.2 Å². The quantitative estimate of drug-likeness (QED) is 0.428. The van der Waals surface area contributed by atoms with E-state index < -0.39 is 47.0 Å². The van der Waals surface area contributed by atoms with Gasteiger partial charge in [-0.2, -0.15) is 0 Å². The molecular formula is C15H20O7. The van der Waals surface area contributed by atoms with Crippen LogP contribution in [0.3, 0.4) is 0 Å². The molecule has 0 radical (unpaired) electrons. The Bertz CT molecular complexity index is 526. The van der Waals surface area contributed by atoms with Crippen molar-refractivity contribution >= 4 is 23.9 Å². The molecule has 2 heterocycles.